The van der Waals surface area contributed by atoms with E-state index in [-0.39, 0.29) is 17.8 Å². The van der Waals surface area contributed by atoms with E-state index in [9.17, 15) is 4.79 Å². The van der Waals surface area contributed by atoms with Crippen LogP contribution in [0.4, 0.5) is 5.82 Å². The van der Waals surface area contributed by atoms with Gasteiger partial charge in [0, 0.05) is 60.7 Å². The number of hydrogen-bond donors (Lipinski definition) is 2. The lowest BCUT2D eigenvalue weighted by Gasteiger charge is -2.17. The van der Waals surface area contributed by atoms with Crippen LogP contribution >= 0.6 is 15.9 Å². The van der Waals surface area contributed by atoms with Crippen LogP contribution in [0.25, 0.3) is 11.1 Å². The number of pyridine rings is 1. The van der Waals surface area contributed by atoms with Crippen molar-refractivity contribution in [3.63, 3.8) is 0 Å². The Morgan fingerprint density at radius 2 is 2.06 bits per heavy atom. The van der Waals surface area contributed by atoms with Crippen LogP contribution in [0.1, 0.15) is 36.2 Å². The minimum atomic E-state index is -0.185. The molecule has 8 heteroatoms. The van der Waals surface area contributed by atoms with Crippen molar-refractivity contribution >= 4 is 27.7 Å². The second-order valence-corrected chi connectivity index (χ2v) is 8.30. The topological polar surface area (TPSA) is 89.1 Å². The lowest BCUT2D eigenvalue weighted by Crippen LogP contribution is -2.37. The number of benzene rings is 1. The number of aromatic nitrogens is 3. The number of nitrogens with zero attached hydrogens (tertiary/aromatic N) is 4. The monoisotopic (exact) mass is 484 g/mol. The van der Waals surface area contributed by atoms with Gasteiger partial charge in [0.2, 0.25) is 0 Å². The molecule has 0 radical (unpaired) electrons. The van der Waals surface area contributed by atoms with Crippen LogP contribution in [-0.2, 0) is 13.6 Å². The van der Waals surface area contributed by atoms with Gasteiger partial charge in [0.25, 0.3) is 5.91 Å². The zero-order valence-electron chi connectivity index (χ0n) is 18.2. The van der Waals surface area contributed by atoms with Gasteiger partial charge >= 0.3 is 0 Å². The molecule has 7 nitrogen and oxygen atoms in total. The van der Waals surface area contributed by atoms with Gasteiger partial charge in [-0.05, 0) is 30.2 Å². The first-order valence-corrected chi connectivity index (χ1v) is 11.3. The fourth-order valence-electron chi connectivity index (χ4n) is 3.64. The number of carbonyl (C=O) groups excluding carboxylic acids is 1. The van der Waals surface area contributed by atoms with Gasteiger partial charge in [-0.3, -0.25) is 14.4 Å². The number of nitrogens with one attached hydrogen (secondary N) is 1. The molecule has 3 N–H and O–H groups in total. The zero-order chi connectivity index (χ0) is 22.4. The fraction of sp³-hybridized carbons (Fsp3) is 0.348. The maximum atomic E-state index is 12.8. The third kappa shape index (κ3) is 5.92. The van der Waals surface area contributed by atoms with Crippen molar-refractivity contribution in [3.05, 3.63) is 64.5 Å². The lowest BCUT2D eigenvalue weighted by molar-refractivity contribution is 0.0938. The number of hydrogen-bond acceptors (Lipinski definition) is 5. The Morgan fingerprint density at radius 3 is 2.77 bits per heavy atom. The minimum absolute atomic E-state index is 0.0936. The Bertz CT molecular complexity index is 1030. The van der Waals surface area contributed by atoms with Gasteiger partial charge in [0.05, 0.1) is 11.8 Å². The molecule has 1 amide bonds. The highest BCUT2D eigenvalue weighted by Gasteiger charge is 2.25. The maximum Gasteiger partial charge on any atom is 0.255 e. The summed E-state index contributed by atoms with van der Waals surface area (Å²) in [5.41, 5.74) is 9.36. The van der Waals surface area contributed by atoms with E-state index in [1.807, 2.05) is 39.2 Å². The number of anilines is 1. The average Bonchev–Trinajstić information content (AvgIpc) is 3.38. The smallest absolute Gasteiger partial charge is 0.255 e. The van der Waals surface area contributed by atoms with E-state index in [1.54, 1.807) is 23.1 Å². The molecule has 164 valence electrons. The highest BCUT2D eigenvalue weighted by molar-refractivity contribution is 9.10. The predicted molar refractivity (Wildman–Crippen MR) is 127 cm³/mol. The molecule has 3 aromatic rings. The van der Waals surface area contributed by atoms with Gasteiger partial charge in [-0.1, -0.05) is 41.9 Å². The Labute approximate surface area is 191 Å². The van der Waals surface area contributed by atoms with Crippen LogP contribution in [0.5, 0.6) is 0 Å². The summed E-state index contributed by atoms with van der Waals surface area (Å²) in [5, 5.41) is 7.29. The molecule has 0 spiro atoms. The van der Waals surface area contributed by atoms with Crippen LogP contribution in [0.15, 0.2) is 53.4 Å². The van der Waals surface area contributed by atoms with Crippen molar-refractivity contribution in [2.75, 3.05) is 18.8 Å². The molecule has 1 atom stereocenters. The quantitative estimate of drug-likeness (QED) is 0.573. The van der Waals surface area contributed by atoms with Gasteiger partial charge < -0.3 is 11.1 Å². The third-order valence-corrected chi connectivity index (χ3v) is 5.60. The number of amides is 1. The number of rotatable bonds is 5. The second-order valence-electron chi connectivity index (χ2n) is 7.38. The molecular weight excluding hydrogens is 456 g/mol. The Balaban J connectivity index is 0.00000132. The highest BCUT2D eigenvalue weighted by Crippen LogP contribution is 2.22. The summed E-state index contributed by atoms with van der Waals surface area (Å²) in [4.78, 5) is 19.4. The summed E-state index contributed by atoms with van der Waals surface area (Å²) in [7, 11) is 1.85. The molecule has 0 saturated carbocycles. The Morgan fingerprint density at radius 1 is 1.26 bits per heavy atom. The Hall–Kier alpha value is -2.71. The normalized spacial score (nSPS) is 15.9. The zero-order valence-corrected chi connectivity index (χ0v) is 19.8. The van der Waals surface area contributed by atoms with E-state index < -0.39 is 0 Å². The van der Waals surface area contributed by atoms with Gasteiger partial charge in [-0.25, -0.2) is 4.98 Å². The molecular formula is C23H29BrN6O. The summed E-state index contributed by atoms with van der Waals surface area (Å²) in [6.07, 6.45) is 6.20. The first-order valence-electron chi connectivity index (χ1n) is 10.5. The molecule has 2 aromatic heterocycles. The molecule has 1 fully saturated rings. The second kappa shape index (κ2) is 10.5. The standard InChI is InChI=1S/C21H23BrN6O.C2H6/c1-27-12-16(10-25-27)15-8-19(20(23)24-9-15)21(29)26-18-5-6-28(13-18)11-14-3-2-4-17(22)7-14;1-2/h2-4,7-10,12,18H,5-6,11,13H2,1H3,(H2,23,24)(H,26,29);1-2H3. The molecule has 4 rings (SSSR count). The van der Waals surface area contributed by atoms with E-state index in [1.165, 1.54) is 5.56 Å². The maximum absolute atomic E-state index is 12.8. The largest absolute Gasteiger partial charge is 0.383 e. The molecule has 0 bridgehead atoms. The third-order valence-electron chi connectivity index (χ3n) is 5.10. The van der Waals surface area contributed by atoms with E-state index >= 15 is 0 Å². The summed E-state index contributed by atoms with van der Waals surface area (Å²) >= 11 is 3.51. The Kier molecular flexibility index (Phi) is 7.81. The molecule has 1 aliphatic rings. The lowest BCUT2D eigenvalue weighted by atomic mass is 10.1. The highest BCUT2D eigenvalue weighted by atomic mass is 79.9. The van der Waals surface area contributed by atoms with Gasteiger partial charge in [-0.15, -0.1) is 0 Å². The van der Waals surface area contributed by atoms with Gasteiger partial charge in [0.15, 0.2) is 0 Å². The first kappa shape index (κ1) is 23.0. The number of carbonyl (C=O) groups is 1. The van der Waals surface area contributed by atoms with E-state index in [4.69, 9.17) is 5.73 Å². The van der Waals surface area contributed by atoms with Crippen LogP contribution < -0.4 is 11.1 Å². The fourth-order valence-corrected chi connectivity index (χ4v) is 4.08. The predicted octanol–water partition coefficient (Wildman–Crippen LogP) is 3.86. The number of halogens is 1. The van der Waals surface area contributed by atoms with Crippen LogP contribution in [-0.4, -0.2) is 44.7 Å². The van der Waals surface area contributed by atoms with Crippen LogP contribution in [0.2, 0.25) is 0 Å². The van der Waals surface area contributed by atoms with Crippen LogP contribution in [0, 0.1) is 0 Å². The van der Waals surface area contributed by atoms with E-state index in [2.05, 4.69) is 48.4 Å². The molecule has 1 aromatic carbocycles. The van der Waals surface area contributed by atoms with Crippen molar-refractivity contribution < 1.29 is 4.79 Å². The van der Waals surface area contributed by atoms with Crippen molar-refractivity contribution in [3.8, 4) is 11.1 Å². The number of nitrogens with two attached hydrogens (primary N) is 1. The van der Waals surface area contributed by atoms with Gasteiger partial charge in [0.1, 0.15) is 5.82 Å². The van der Waals surface area contributed by atoms with Crippen molar-refractivity contribution in [2.24, 2.45) is 7.05 Å². The average molecular weight is 485 g/mol. The minimum Gasteiger partial charge on any atom is -0.383 e. The van der Waals surface area contributed by atoms with Crippen LogP contribution in [0.3, 0.4) is 0 Å². The molecule has 1 saturated heterocycles. The number of nitrogen functional groups attached to an aromatic ring is 1. The summed E-state index contributed by atoms with van der Waals surface area (Å²) in [6, 6.07) is 10.2. The van der Waals surface area contributed by atoms with E-state index in [0.29, 0.717) is 5.56 Å². The molecule has 1 unspecified atom stereocenters. The summed E-state index contributed by atoms with van der Waals surface area (Å²) < 4.78 is 2.79. The van der Waals surface area contributed by atoms with Crippen molar-refractivity contribution in [1.29, 1.82) is 0 Å². The molecule has 1 aliphatic heterocycles. The first-order chi connectivity index (χ1) is 15.0. The number of likely N-dealkylation sites (tertiary alicyclic amines) is 1. The molecule has 31 heavy (non-hydrogen) atoms. The van der Waals surface area contributed by atoms with Gasteiger partial charge in [-0.2, -0.15) is 5.10 Å². The SMILES string of the molecule is CC.Cn1cc(-c2cnc(N)c(C(=O)NC3CCN(Cc4cccc(Br)c4)C3)c2)cn1. The summed E-state index contributed by atoms with van der Waals surface area (Å²) in [6.45, 7) is 6.63. The number of aryl methyl sites for hydroxylation is 1. The van der Waals surface area contributed by atoms with Crippen molar-refractivity contribution in [1.82, 2.24) is 25.0 Å². The summed E-state index contributed by atoms with van der Waals surface area (Å²) in [5.74, 6) is 0.0502. The molecule has 0 aliphatic carbocycles. The van der Waals surface area contributed by atoms with Crippen molar-refractivity contribution in [2.45, 2.75) is 32.9 Å². The van der Waals surface area contributed by atoms with E-state index in [0.717, 1.165) is 41.7 Å². The molecule has 3 heterocycles.